The van der Waals surface area contributed by atoms with E-state index in [1.54, 1.807) is 0 Å². The van der Waals surface area contributed by atoms with Crippen molar-refractivity contribution in [2.45, 2.75) is 39.5 Å². The first-order chi connectivity index (χ1) is 11.8. The topological polar surface area (TPSA) is 59.6 Å². The fourth-order valence-corrected chi connectivity index (χ4v) is 2.30. The van der Waals surface area contributed by atoms with E-state index in [0.717, 1.165) is 30.5 Å². The van der Waals surface area contributed by atoms with E-state index in [9.17, 15) is 0 Å². The summed E-state index contributed by atoms with van der Waals surface area (Å²) >= 11 is 0. The number of ether oxygens (including phenoxy) is 1. The van der Waals surface area contributed by atoms with E-state index in [-0.39, 0.29) is 0 Å². The number of hydrogen-bond donors (Lipinski definition) is 2. The summed E-state index contributed by atoms with van der Waals surface area (Å²) in [6.07, 6.45) is 2.25. The molecule has 0 aromatic heterocycles. The molecule has 0 radical (unpaired) electrons. The Morgan fingerprint density at radius 1 is 1.00 bits per heavy atom. The summed E-state index contributed by atoms with van der Waals surface area (Å²) in [4.78, 5) is 4.38. The zero-order valence-corrected chi connectivity index (χ0v) is 14.4. The number of nitrogens with two attached hydrogens (primary N) is 1. The largest absolute Gasteiger partial charge is 0.372 e. The zero-order chi connectivity index (χ0) is 17.0. The first-order valence-electron chi connectivity index (χ1n) is 8.51. The summed E-state index contributed by atoms with van der Waals surface area (Å²) < 4.78 is 5.78. The summed E-state index contributed by atoms with van der Waals surface area (Å²) in [6.45, 7) is 4.82. The number of nitrogens with one attached hydrogen (secondary N) is 1. The Bertz CT molecular complexity index is 626. The molecule has 24 heavy (non-hydrogen) atoms. The van der Waals surface area contributed by atoms with Crippen LogP contribution < -0.4 is 11.1 Å². The summed E-state index contributed by atoms with van der Waals surface area (Å²) in [7, 11) is 0. The summed E-state index contributed by atoms with van der Waals surface area (Å²) in [5, 5.41) is 3.12. The molecule has 2 aromatic carbocycles. The molecule has 128 valence electrons. The number of benzene rings is 2. The monoisotopic (exact) mass is 325 g/mol. The van der Waals surface area contributed by atoms with Crippen molar-refractivity contribution in [2.24, 2.45) is 10.7 Å². The summed E-state index contributed by atoms with van der Waals surface area (Å²) in [5.41, 5.74) is 9.33. The van der Waals surface area contributed by atoms with Crippen molar-refractivity contribution in [2.75, 3.05) is 6.54 Å². The average molecular weight is 325 g/mol. The van der Waals surface area contributed by atoms with Gasteiger partial charge in [0.15, 0.2) is 5.96 Å². The second-order valence-corrected chi connectivity index (χ2v) is 5.78. The number of guanidine groups is 1. The van der Waals surface area contributed by atoms with Gasteiger partial charge in [-0.05, 0) is 23.1 Å². The van der Waals surface area contributed by atoms with E-state index in [4.69, 9.17) is 10.5 Å². The predicted molar refractivity (Wildman–Crippen MR) is 99.6 cm³/mol. The van der Waals surface area contributed by atoms with Crippen molar-refractivity contribution in [3.8, 4) is 0 Å². The van der Waals surface area contributed by atoms with E-state index in [0.29, 0.717) is 25.7 Å². The van der Waals surface area contributed by atoms with Crippen molar-refractivity contribution >= 4 is 5.96 Å². The van der Waals surface area contributed by atoms with Crippen LogP contribution in [-0.2, 0) is 24.5 Å². The highest BCUT2D eigenvalue weighted by Crippen LogP contribution is 2.09. The number of unbranched alkanes of at least 4 members (excludes halogenated alkanes) is 1. The Balaban J connectivity index is 1.79. The van der Waals surface area contributed by atoms with Crippen LogP contribution in [0.2, 0.25) is 0 Å². The number of nitrogens with zero attached hydrogens (tertiary/aromatic N) is 1. The van der Waals surface area contributed by atoms with Gasteiger partial charge in [0.2, 0.25) is 0 Å². The molecule has 0 fully saturated rings. The van der Waals surface area contributed by atoms with Crippen LogP contribution in [0.3, 0.4) is 0 Å². The lowest BCUT2D eigenvalue weighted by Crippen LogP contribution is -2.32. The lowest BCUT2D eigenvalue weighted by molar-refractivity contribution is 0.107. The van der Waals surface area contributed by atoms with Crippen LogP contribution in [0.15, 0.2) is 59.6 Å². The zero-order valence-electron chi connectivity index (χ0n) is 14.4. The lowest BCUT2D eigenvalue weighted by atomic mass is 10.1. The van der Waals surface area contributed by atoms with Gasteiger partial charge in [-0.15, -0.1) is 0 Å². The lowest BCUT2D eigenvalue weighted by Gasteiger charge is -2.07. The molecule has 0 saturated carbocycles. The molecule has 4 heteroatoms. The fourth-order valence-electron chi connectivity index (χ4n) is 2.30. The molecule has 2 rings (SSSR count). The van der Waals surface area contributed by atoms with E-state index < -0.39 is 0 Å². The molecule has 0 aliphatic carbocycles. The average Bonchev–Trinajstić information content (AvgIpc) is 2.62. The van der Waals surface area contributed by atoms with Crippen LogP contribution in [0, 0.1) is 0 Å². The third-order valence-corrected chi connectivity index (χ3v) is 3.64. The molecule has 0 heterocycles. The van der Waals surface area contributed by atoms with Gasteiger partial charge in [0, 0.05) is 6.54 Å². The van der Waals surface area contributed by atoms with Gasteiger partial charge in [0.1, 0.15) is 0 Å². The molecule has 0 unspecified atom stereocenters. The van der Waals surface area contributed by atoms with Gasteiger partial charge in [0.25, 0.3) is 0 Å². The van der Waals surface area contributed by atoms with Crippen LogP contribution in [0.5, 0.6) is 0 Å². The third-order valence-electron chi connectivity index (χ3n) is 3.64. The van der Waals surface area contributed by atoms with Crippen LogP contribution in [-0.4, -0.2) is 12.5 Å². The normalized spacial score (nSPS) is 11.5. The molecule has 0 amide bonds. The molecule has 4 nitrogen and oxygen atoms in total. The molecule has 0 atom stereocenters. The molecule has 3 N–H and O–H groups in total. The van der Waals surface area contributed by atoms with Crippen LogP contribution in [0.1, 0.15) is 36.5 Å². The highest BCUT2D eigenvalue weighted by atomic mass is 16.5. The van der Waals surface area contributed by atoms with Crippen molar-refractivity contribution in [3.05, 3.63) is 71.3 Å². The van der Waals surface area contributed by atoms with Gasteiger partial charge in [-0.3, -0.25) is 0 Å². The number of aliphatic imine (C=N–C) groups is 1. The van der Waals surface area contributed by atoms with E-state index in [2.05, 4.69) is 47.6 Å². The van der Waals surface area contributed by atoms with Crippen molar-refractivity contribution < 1.29 is 4.74 Å². The first kappa shape index (κ1) is 18.0. The Morgan fingerprint density at radius 3 is 2.50 bits per heavy atom. The molecule has 0 bridgehead atoms. The standard InChI is InChI=1S/C20H27N3O/c1-2-3-12-22-20(21)23-14-18-10-7-11-19(13-18)16-24-15-17-8-5-4-6-9-17/h4-11,13H,2-3,12,14-16H2,1H3,(H3,21,22,23). The first-order valence-corrected chi connectivity index (χ1v) is 8.51. The molecular weight excluding hydrogens is 298 g/mol. The maximum atomic E-state index is 5.86. The van der Waals surface area contributed by atoms with Crippen molar-refractivity contribution in [3.63, 3.8) is 0 Å². The molecule has 2 aromatic rings. The minimum Gasteiger partial charge on any atom is -0.372 e. The van der Waals surface area contributed by atoms with Crippen molar-refractivity contribution in [1.29, 1.82) is 0 Å². The summed E-state index contributed by atoms with van der Waals surface area (Å²) in [5.74, 6) is 0.509. The molecule has 0 saturated heterocycles. The highest BCUT2D eigenvalue weighted by molar-refractivity contribution is 5.77. The van der Waals surface area contributed by atoms with Crippen LogP contribution in [0.4, 0.5) is 0 Å². The number of hydrogen-bond acceptors (Lipinski definition) is 2. The smallest absolute Gasteiger partial charge is 0.188 e. The molecule has 0 aliphatic heterocycles. The van der Waals surface area contributed by atoms with Gasteiger partial charge in [-0.25, -0.2) is 4.99 Å². The van der Waals surface area contributed by atoms with Crippen molar-refractivity contribution in [1.82, 2.24) is 5.32 Å². The van der Waals surface area contributed by atoms with E-state index in [1.807, 2.05) is 24.3 Å². The minimum atomic E-state index is 0.509. The Labute approximate surface area is 144 Å². The SMILES string of the molecule is CCCCNC(N)=NCc1cccc(COCc2ccccc2)c1. The van der Waals surface area contributed by atoms with E-state index >= 15 is 0 Å². The fraction of sp³-hybridized carbons (Fsp3) is 0.350. The van der Waals surface area contributed by atoms with Gasteiger partial charge < -0.3 is 15.8 Å². The maximum absolute atomic E-state index is 5.86. The van der Waals surface area contributed by atoms with Crippen LogP contribution in [0.25, 0.3) is 0 Å². The number of rotatable bonds is 9. The second-order valence-electron chi connectivity index (χ2n) is 5.78. The van der Waals surface area contributed by atoms with Gasteiger partial charge in [-0.2, -0.15) is 0 Å². The second kappa shape index (κ2) is 10.4. The molecule has 0 spiro atoms. The van der Waals surface area contributed by atoms with Gasteiger partial charge in [0.05, 0.1) is 19.8 Å². The quantitative estimate of drug-likeness (QED) is 0.421. The Hall–Kier alpha value is -2.33. The van der Waals surface area contributed by atoms with E-state index in [1.165, 1.54) is 5.56 Å². The highest BCUT2D eigenvalue weighted by Gasteiger charge is 1.98. The third kappa shape index (κ3) is 6.84. The summed E-state index contributed by atoms with van der Waals surface area (Å²) in [6, 6.07) is 18.5. The molecule has 0 aliphatic rings. The minimum absolute atomic E-state index is 0.509. The maximum Gasteiger partial charge on any atom is 0.188 e. The predicted octanol–water partition coefficient (Wildman–Crippen LogP) is 3.61. The van der Waals surface area contributed by atoms with Crippen LogP contribution >= 0.6 is 0 Å². The Kier molecular flexibility index (Phi) is 7.84. The van der Waals surface area contributed by atoms with Gasteiger partial charge in [-0.1, -0.05) is 67.9 Å². The van der Waals surface area contributed by atoms with Gasteiger partial charge >= 0.3 is 0 Å². The Morgan fingerprint density at radius 2 is 1.71 bits per heavy atom. The molecular formula is C20H27N3O.